The minimum Gasteiger partial charge on any atom is -0.492 e. The van der Waals surface area contributed by atoms with Crippen LogP contribution in [0.1, 0.15) is 12.5 Å². The number of methoxy groups -OCH3 is 1. The molecule has 2 nitrogen and oxygen atoms in total. The number of carbonyl (C=O) groups excluding carboxylic acids is 1. The van der Waals surface area contributed by atoms with Gasteiger partial charge in [0.1, 0.15) is 5.78 Å². The van der Waals surface area contributed by atoms with Gasteiger partial charge in [-0.1, -0.05) is 11.6 Å². The molecule has 5 heteroatoms. The summed E-state index contributed by atoms with van der Waals surface area (Å²) in [6.07, 6.45) is -0.188. The van der Waals surface area contributed by atoms with Gasteiger partial charge in [0.2, 0.25) is 5.82 Å². The van der Waals surface area contributed by atoms with Crippen molar-refractivity contribution in [2.24, 2.45) is 0 Å². The lowest BCUT2D eigenvalue weighted by atomic mass is 10.1. The number of rotatable bonds is 3. The zero-order valence-corrected chi connectivity index (χ0v) is 8.99. The summed E-state index contributed by atoms with van der Waals surface area (Å²) >= 11 is 5.65. The van der Waals surface area contributed by atoms with E-state index in [9.17, 15) is 13.6 Å². The molecule has 15 heavy (non-hydrogen) atoms. The molecule has 0 N–H and O–H groups in total. The van der Waals surface area contributed by atoms with Gasteiger partial charge in [-0.25, -0.2) is 4.39 Å². The van der Waals surface area contributed by atoms with Crippen molar-refractivity contribution >= 4 is 17.4 Å². The van der Waals surface area contributed by atoms with Crippen molar-refractivity contribution in [2.45, 2.75) is 13.3 Å². The molecule has 0 unspecified atom stereocenters. The van der Waals surface area contributed by atoms with Crippen LogP contribution in [0.15, 0.2) is 6.07 Å². The molecule has 1 rings (SSSR count). The molecule has 0 radical (unpaired) electrons. The molecule has 0 fully saturated rings. The third-order valence-corrected chi connectivity index (χ3v) is 2.12. The van der Waals surface area contributed by atoms with E-state index in [0.717, 1.165) is 0 Å². The van der Waals surface area contributed by atoms with Crippen LogP contribution in [0.3, 0.4) is 0 Å². The molecular weight excluding hydrogens is 226 g/mol. The molecule has 0 saturated carbocycles. The van der Waals surface area contributed by atoms with Gasteiger partial charge in [0.15, 0.2) is 11.6 Å². The van der Waals surface area contributed by atoms with Gasteiger partial charge in [-0.3, -0.25) is 4.79 Å². The second kappa shape index (κ2) is 4.57. The number of ketones is 1. The molecule has 0 amide bonds. The van der Waals surface area contributed by atoms with Gasteiger partial charge < -0.3 is 4.74 Å². The first kappa shape index (κ1) is 11.9. The molecule has 0 aliphatic heterocycles. The maximum absolute atomic E-state index is 13.3. The van der Waals surface area contributed by atoms with E-state index in [0.29, 0.717) is 0 Å². The fraction of sp³-hybridized carbons (Fsp3) is 0.300. The number of carbonyl (C=O) groups is 1. The minimum absolute atomic E-state index is 0.0485. The summed E-state index contributed by atoms with van der Waals surface area (Å²) in [5, 5.41) is -0.0485. The Balaban J connectivity index is 3.27. The first-order valence-corrected chi connectivity index (χ1v) is 4.55. The van der Waals surface area contributed by atoms with Gasteiger partial charge in [-0.05, 0) is 18.6 Å². The summed E-state index contributed by atoms with van der Waals surface area (Å²) in [6, 6.07) is 1.19. The molecule has 0 atom stereocenters. The average molecular weight is 235 g/mol. The number of Topliss-reactive ketones (excluding diaryl/α,β-unsaturated/α-hetero) is 1. The molecule has 0 spiro atoms. The van der Waals surface area contributed by atoms with E-state index in [2.05, 4.69) is 4.74 Å². The van der Waals surface area contributed by atoms with Gasteiger partial charge in [-0.2, -0.15) is 4.39 Å². The summed E-state index contributed by atoms with van der Waals surface area (Å²) in [5.41, 5.74) is -0.0641. The maximum Gasteiger partial charge on any atom is 0.202 e. The van der Waals surface area contributed by atoms with Gasteiger partial charge >= 0.3 is 0 Å². The van der Waals surface area contributed by atoms with E-state index >= 15 is 0 Å². The largest absolute Gasteiger partial charge is 0.492 e. The summed E-state index contributed by atoms with van der Waals surface area (Å²) in [4.78, 5) is 10.8. The lowest BCUT2D eigenvalue weighted by Gasteiger charge is -2.08. The lowest BCUT2D eigenvalue weighted by molar-refractivity contribution is -0.116. The Morgan fingerprint density at radius 3 is 2.53 bits per heavy atom. The predicted molar refractivity (Wildman–Crippen MR) is 52.3 cm³/mol. The molecule has 0 heterocycles. The van der Waals surface area contributed by atoms with E-state index in [1.165, 1.54) is 20.1 Å². The first-order chi connectivity index (χ1) is 6.97. The van der Waals surface area contributed by atoms with Crippen LogP contribution in [0.4, 0.5) is 8.78 Å². The summed E-state index contributed by atoms with van der Waals surface area (Å²) in [6.45, 7) is 1.29. The van der Waals surface area contributed by atoms with Gasteiger partial charge in [0, 0.05) is 6.42 Å². The second-order valence-corrected chi connectivity index (χ2v) is 3.46. The fourth-order valence-corrected chi connectivity index (χ4v) is 1.50. The minimum atomic E-state index is -1.17. The summed E-state index contributed by atoms with van der Waals surface area (Å²) < 4.78 is 31.2. The zero-order valence-electron chi connectivity index (χ0n) is 8.23. The van der Waals surface area contributed by atoms with E-state index in [-0.39, 0.29) is 28.5 Å². The Morgan fingerprint density at radius 1 is 1.47 bits per heavy atom. The van der Waals surface area contributed by atoms with E-state index in [1.807, 2.05) is 0 Å². The number of ether oxygens (including phenoxy) is 1. The number of benzene rings is 1. The standard InChI is InChI=1S/C10H9ClF2O2/c1-5(14)3-6-4-7(11)10(15-2)9(13)8(6)12/h4H,3H2,1-2H3. The smallest absolute Gasteiger partial charge is 0.202 e. The van der Waals surface area contributed by atoms with Gasteiger partial charge in [0.25, 0.3) is 0 Å². The van der Waals surface area contributed by atoms with Crippen LogP contribution in [0.25, 0.3) is 0 Å². The molecule has 0 bridgehead atoms. The molecule has 1 aromatic rings. The highest BCUT2D eigenvalue weighted by molar-refractivity contribution is 6.32. The van der Waals surface area contributed by atoms with Crippen LogP contribution < -0.4 is 4.74 Å². The third kappa shape index (κ3) is 2.45. The van der Waals surface area contributed by atoms with Crippen LogP contribution in [-0.2, 0) is 11.2 Å². The Labute approximate surface area is 90.8 Å². The summed E-state index contributed by atoms with van der Waals surface area (Å²) in [5.74, 6) is -2.87. The second-order valence-electron chi connectivity index (χ2n) is 3.06. The van der Waals surface area contributed by atoms with Crippen LogP contribution in [0, 0.1) is 11.6 Å². The molecule has 0 saturated heterocycles. The highest BCUT2D eigenvalue weighted by atomic mass is 35.5. The zero-order chi connectivity index (χ0) is 11.6. The van der Waals surface area contributed by atoms with Gasteiger partial charge in [-0.15, -0.1) is 0 Å². The first-order valence-electron chi connectivity index (χ1n) is 4.17. The number of hydrogen-bond acceptors (Lipinski definition) is 2. The Kier molecular flexibility index (Phi) is 3.63. The Bertz CT molecular complexity index is 405. The van der Waals surface area contributed by atoms with Crippen LogP contribution >= 0.6 is 11.6 Å². The lowest BCUT2D eigenvalue weighted by Crippen LogP contribution is -2.03. The topological polar surface area (TPSA) is 26.3 Å². The SMILES string of the molecule is COc1c(Cl)cc(CC(C)=O)c(F)c1F. The maximum atomic E-state index is 13.3. The van der Waals surface area contributed by atoms with Crippen molar-refractivity contribution in [3.8, 4) is 5.75 Å². The summed E-state index contributed by atoms with van der Waals surface area (Å²) in [7, 11) is 1.19. The van der Waals surface area contributed by atoms with Crippen molar-refractivity contribution in [1.82, 2.24) is 0 Å². The van der Waals surface area contributed by atoms with Crippen molar-refractivity contribution in [3.05, 3.63) is 28.3 Å². The number of halogens is 3. The molecular formula is C10H9ClF2O2. The quantitative estimate of drug-likeness (QED) is 0.752. The third-order valence-electron chi connectivity index (χ3n) is 1.84. The molecule has 0 aliphatic carbocycles. The Morgan fingerprint density at radius 2 is 2.07 bits per heavy atom. The highest BCUT2D eigenvalue weighted by Crippen LogP contribution is 2.31. The van der Waals surface area contributed by atoms with Crippen LogP contribution in [0.5, 0.6) is 5.75 Å². The monoisotopic (exact) mass is 234 g/mol. The highest BCUT2D eigenvalue weighted by Gasteiger charge is 2.18. The van der Waals surface area contributed by atoms with Crippen LogP contribution in [0.2, 0.25) is 5.02 Å². The normalized spacial score (nSPS) is 10.2. The van der Waals surface area contributed by atoms with E-state index in [4.69, 9.17) is 11.6 Å². The fourth-order valence-electron chi connectivity index (χ4n) is 1.21. The van der Waals surface area contributed by atoms with Crippen molar-refractivity contribution in [3.63, 3.8) is 0 Å². The average Bonchev–Trinajstić information content (AvgIpc) is 2.14. The van der Waals surface area contributed by atoms with Crippen LogP contribution in [-0.4, -0.2) is 12.9 Å². The molecule has 0 aromatic heterocycles. The van der Waals surface area contributed by atoms with Gasteiger partial charge in [0.05, 0.1) is 12.1 Å². The number of hydrogen-bond donors (Lipinski definition) is 0. The van der Waals surface area contributed by atoms with Crippen molar-refractivity contribution in [1.29, 1.82) is 0 Å². The molecule has 0 aliphatic rings. The molecule has 82 valence electrons. The predicted octanol–water partition coefficient (Wildman–Crippen LogP) is 2.76. The van der Waals surface area contributed by atoms with E-state index in [1.54, 1.807) is 0 Å². The van der Waals surface area contributed by atoms with Crippen molar-refractivity contribution in [2.75, 3.05) is 7.11 Å². The van der Waals surface area contributed by atoms with Crippen molar-refractivity contribution < 1.29 is 18.3 Å². The Hall–Kier alpha value is -1.16. The molecule has 1 aromatic carbocycles. The van der Waals surface area contributed by atoms with E-state index < -0.39 is 11.6 Å².